The molecular formula is C21H24ClFN6S. The first-order valence-corrected chi connectivity index (χ1v) is 11.2. The first-order chi connectivity index (χ1) is 14.5. The number of piperidine rings is 1. The monoisotopic (exact) mass is 446 g/mol. The first-order valence-electron chi connectivity index (χ1n) is 9.90. The van der Waals surface area contributed by atoms with Crippen molar-refractivity contribution in [3.8, 4) is 0 Å². The molecule has 1 aliphatic rings. The molecule has 0 bridgehead atoms. The predicted molar refractivity (Wildman–Crippen MR) is 120 cm³/mol. The number of aryl methyl sites for hydroxylation is 1. The van der Waals surface area contributed by atoms with Gasteiger partial charge in [0.05, 0.1) is 5.02 Å². The molecule has 9 heteroatoms. The number of aromatic nitrogens is 3. The number of halogens is 2. The van der Waals surface area contributed by atoms with Crippen LogP contribution in [0.1, 0.15) is 24.1 Å². The molecule has 3 heterocycles. The van der Waals surface area contributed by atoms with Gasteiger partial charge in [0.25, 0.3) is 0 Å². The van der Waals surface area contributed by atoms with E-state index in [0.29, 0.717) is 24.1 Å². The lowest BCUT2D eigenvalue weighted by molar-refractivity contribution is 0.200. The summed E-state index contributed by atoms with van der Waals surface area (Å²) < 4.78 is 14.2. The van der Waals surface area contributed by atoms with Crippen LogP contribution in [-0.4, -0.2) is 46.0 Å². The lowest BCUT2D eigenvalue weighted by Gasteiger charge is -2.37. The fraction of sp³-hybridized carbons (Fsp3) is 0.381. The summed E-state index contributed by atoms with van der Waals surface area (Å²) in [5.74, 6) is 1.13. The van der Waals surface area contributed by atoms with Crippen molar-refractivity contribution in [2.75, 3.05) is 30.4 Å². The maximum atomic E-state index is 14.2. The van der Waals surface area contributed by atoms with Gasteiger partial charge in [0.2, 0.25) is 5.95 Å². The van der Waals surface area contributed by atoms with Crippen LogP contribution >= 0.6 is 22.9 Å². The molecule has 1 N–H and O–H groups in total. The molecule has 1 aromatic carbocycles. The van der Waals surface area contributed by atoms with E-state index < -0.39 is 0 Å². The van der Waals surface area contributed by atoms with Crippen LogP contribution in [0, 0.1) is 12.7 Å². The Morgan fingerprint density at radius 2 is 2.10 bits per heavy atom. The number of nitrogens with zero attached hydrogens (tertiary/aromatic N) is 5. The van der Waals surface area contributed by atoms with E-state index in [1.165, 1.54) is 11.3 Å². The molecule has 0 aliphatic carbocycles. The summed E-state index contributed by atoms with van der Waals surface area (Å²) in [6.07, 6.45) is 3.69. The second-order valence-electron chi connectivity index (χ2n) is 7.49. The molecule has 158 valence electrons. The predicted octanol–water partition coefficient (Wildman–Crippen LogP) is 4.88. The van der Waals surface area contributed by atoms with E-state index in [9.17, 15) is 4.39 Å². The van der Waals surface area contributed by atoms with Gasteiger partial charge < -0.3 is 10.2 Å². The molecule has 0 spiro atoms. The highest BCUT2D eigenvalue weighted by Gasteiger charge is 2.25. The van der Waals surface area contributed by atoms with E-state index in [1.54, 1.807) is 24.4 Å². The third-order valence-electron chi connectivity index (χ3n) is 5.36. The molecule has 4 rings (SSSR count). The van der Waals surface area contributed by atoms with Crippen LogP contribution in [0.2, 0.25) is 5.02 Å². The highest BCUT2D eigenvalue weighted by molar-refractivity contribution is 7.13. The van der Waals surface area contributed by atoms with Gasteiger partial charge in [-0.05, 0) is 25.8 Å². The average Bonchev–Trinajstić information content (AvgIpc) is 3.24. The molecular weight excluding hydrogens is 423 g/mol. The molecule has 0 atom stereocenters. The van der Waals surface area contributed by atoms with Gasteiger partial charge in [-0.1, -0.05) is 23.7 Å². The maximum Gasteiger partial charge on any atom is 0.227 e. The van der Waals surface area contributed by atoms with Crippen LogP contribution in [-0.2, 0) is 6.54 Å². The number of likely N-dealkylation sites (tertiary alicyclic amines) is 1. The normalized spacial score (nSPS) is 15.3. The molecule has 30 heavy (non-hydrogen) atoms. The molecule has 0 saturated carbocycles. The molecule has 0 radical (unpaired) electrons. The number of anilines is 3. The molecule has 2 aromatic heterocycles. The SMILES string of the molecule is Cc1cc(Nc2nccs2)nc(N(C)C2CCN(Cc3cccc(Cl)c3F)CC2)n1. The van der Waals surface area contributed by atoms with Gasteiger partial charge in [0.15, 0.2) is 5.13 Å². The summed E-state index contributed by atoms with van der Waals surface area (Å²) >= 11 is 7.44. The Bertz CT molecular complexity index is 991. The highest BCUT2D eigenvalue weighted by Crippen LogP contribution is 2.25. The van der Waals surface area contributed by atoms with Gasteiger partial charge >= 0.3 is 0 Å². The maximum absolute atomic E-state index is 14.2. The standard InChI is InChI=1S/C21H24ClFN6S/c1-14-12-18(27-21-24-8-11-30-21)26-20(25-14)28(2)16-6-9-29(10-7-16)13-15-4-3-5-17(22)19(15)23/h3-5,8,11-12,16H,6-7,9-10,13H2,1-2H3,(H,24,25,26,27). The molecule has 1 aliphatic heterocycles. The van der Waals surface area contributed by atoms with Crippen LogP contribution < -0.4 is 10.2 Å². The Morgan fingerprint density at radius 1 is 1.30 bits per heavy atom. The quantitative estimate of drug-likeness (QED) is 0.582. The first kappa shape index (κ1) is 21.0. The molecule has 1 fully saturated rings. The van der Waals surface area contributed by atoms with E-state index in [2.05, 4.69) is 30.1 Å². The zero-order valence-corrected chi connectivity index (χ0v) is 18.5. The van der Waals surface area contributed by atoms with Crippen molar-refractivity contribution >= 4 is 39.8 Å². The third-order valence-corrected chi connectivity index (χ3v) is 6.34. The second kappa shape index (κ2) is 9.24. The van der Waals surface area contributed by atoms with Crippen LogP contribution in [0.25, 0.3) is 0 Å². The third kappa shape index (κ3) is 4.88. The second-order valence-corrected chi connectivity index (χ2v) is 8.79. The van der Waals surface area contributed by atoms with E-state index in [-0.39, 0.29) is 10.8 Å². The largest absolute Gasteiger partial charge is 0.341 e. The van der Waals surface area contributed by atoms with E-state index in [0.717, 1.165) is 42.6 Å². The van der Waals surface area contributed by atoms with Crippen molar-refractivity contribution in [1.82, 2.24) is 19.9 Å². The Hall–Kier alpha value is -2.29. The van der Waals surface area contributed by atoms with Gasteiger partial charge in [0.1, 0.15) is 11.6 Å². The van der Waals surface area contributed by atoms with E-state index >= 15 is 0 Å². The van der Waals surface area contributed by atoms with Gasteiger partial charge in [-0.3, -0.25) is 4.90 Å². The van der Waals surface area contributed by atoms with Gasteiger partial charge in [0, 0.05) is 61.6 Å². The number of thiazole rings is 1. The molecule has 6 nitrogen and oxygen atoms in total. The fourth-order valence-electron chi connectivity index (χ4n) is 3.71. The number of hydrogen-bond donors (Lipinski definition) is 1. The number of benzene rings is 1. The van der Waals surface area contributed by atoms with Crippen molar-refractivity contribution in [3.05, 3.63) is 57.9 Å². The smallest absolute Gasteiger partial charge is 0.227 e. The van der Waals surface area contributed by atoms with Gasteiger partial charge in [-0.25, -0.2) is 14.4 Å². The number of hydrogen-bond acceptors (Lipinski definition) is 7. The van der Waals surface area contributed by atoms with Crippen LogP contribution in [0.3, 0.4) is 0 Å². The minimum Gasteiger partial charge on any atom is -0.341 e. The van der Waals surface area contributed by atoms with E-state index in [1.807, 2.05) is 25.4 Å². The topological polar surface area (TPSA) is 57.2 Å². The number of nitrogens with one attached hydrogen (secondary N) is 1. The summed E-state index contributed by atoms with van der Waals surface area (Å²) in [6, 6.07) is 7.44. The molecule has 1 saturated heterocycles. The van der Waals surface area contributed by atoms with Crippen LogP contribution in [0.15, 0.2) is 35.8 Å². The minimum atomic E-state index is -0.313. The summed E-state index contributed by atoms with van der Waals surface area (Å²) in [5, 5.41) is 6.16. The fourth-order valence-corrected chi connectivity index (χ4v) is 4.44. The summed E-state index contributed by atoms with van der Waals surface area (Å²) in [7, 11) is 2.04. The summed E-state index contributed by atoms with van der Waals surface area (Å²) in [5.41, 5.74) is 1.55. The van der Waals surface area contributed by atoms with E-state index in [4.69, 9.17) is 11.6 Å². The van der Waals surface area contributed by atoms with Crippen LogP contribution in [0.4, 0.5) is 21.3 Å². The lowest BCUT2D eigenvalue weighted by Crippen LogP contribution is -2.43. The van der Waals surface area contributed by atoms with Crippen molar-refractivity contribution in [1.29, 1.82) is 0 Å². The Balaban J connectivity index is 1.38. The van der Waals surface area contributed by atoms with Crippen molar-refractivity contribution < 1.29 is 4.39 Å². The summed E-state index contributed by atoms with van der Waals surface area (Å²) in [6.45, 7) is 4.31. The lowest BCUT2D eigenvalue weighted by atomic mass is 10.0. The van der Waals surface area contributed by atoms with Crippen molar-refractivity contribution in [2.24, 2.45) is 0 Å². The molecule has 3 aromatic rings. The van der Waals surface area contributed by atoms with Crippen molar-refractivity contribution in [3.63, 3.8) is 0 Å². The van der Waals surface area contributed by atoms with Crippen LogP contribution in [0.5, 0.6) is 0 Å². The summed E-state index contributed by atoms with van der Waals surface area (Å²) in [4.78, 5) is 18.0. The molecule has 0 unspecified atom stereocenters. The Labute approximate surface area is 184 Å². The van der Waals surface area contributed by atoms with Gasteiger partial charge in [-0.15, -0.1) is 11.3 Å². The zero-order chi connectivity index (χ0) is 21.1. The Kier molecular flexibility index (Phi) is 6.46. The molecule has 0 amide bonds. The average molecular weight is 447 g/mol. The zero-order valence-electron chi connectivity index (χ0n) is 17.0. The number of rotatable bonds is 6. The van der Waals surface area contributed by atoms with Gasteiger partial charge in [-0.2, -0.15) is 4.98 Å². The highest BCUT2D eigenvalue weighted by atomic mass is 35.5. The Morgan fingerprint density at radius 3 is 2.83 bits per heavy atom. The van der Waals surface area contributed by atoms with Crippen molar-refractivity contribution in [2.45, 2.75) is 32.4 Å². The minimum absolute atomic E-state index is 0.181.